The van der Waals surface area contributed by atoms with Gasteiger partial charge in [-0.15, -0.1) is 15.6 Å². The summed E-state index contributed by atoms with van der Waals surface area (Å²) in [6, 6.07) is 0. The number of ketones is 1. The summed E-state index contributed by atoms with van der Waals surface area (Å²) in [7, 11) is -5.34. The lowest BCUT2D eigenvalue weighted by atomic mass is 9.74. The average Bonchev–Trinajstić information content (AvgIpc) is 3.06. The Morgan fingerprint density at radius 2 is 2.29 bits per heavy atom. The molecule has 1 aromatic heterocycles. The molecule has 1 aliphatic rings. The van der Waals surface area contributed by atoms with Gasteiger partial charge in [0.25, 0.3) is 5.91 Å². The van der Waals surface area contributed by atoms with Crippen molar-refractivity contribution in [1.29, 1.82) is 0 Å². The van der Waals surface area contributed by atoms with Crippen LogP contribution < -0.4 is 5.73 Å². The number of hydrogen-bond donors (Lipinski definition) is 3. The number of β-lactam (4-membered cyclic amide) rings is 1. The van der Waals surface area contributed by atoms with Crippen LogP contribution in [0, 0.1) is 5.89 Å². The van der Waals surface area contributed by atoms with E-state index in [4.69, 9.17) is 20.9 Å². The van der Waals surface area contributed by atoms with Crippen molar-refractivity contribution in [3.8, 4) is 0 Å². The molecule has 0 unspecified atom stereocenters. The van der Waals surface area contributed by atoms with Gasteiger partial charge < -0.3 is 15.7 Å². The molecule has 1 fully saturated rings. The van der Waals surface area contributed by atoms with Crippen molar-refractivity contribution in [2.75, 3.05) is 12.3 Å². The fraction of sp³-hybridized carbons (Fsp3) is 0.462. The molecule has 0 saturated carbocycles. The predicted molar refractivity (Wildman–Crippen MR) is 93.3 cm³/mol. The standard InChI is InChI=1S/C13H16N4O9S2/c1-13(2)6(11(21)17(13)26-28(22,23)24)3-8(18)10(16-25-4-9(19)20)7-5-27-12(14)15-7/h5-6H,3-4H2,1-2H3,(H2,14,15)(H,19,20)(H,22,23,24)/b16-10-/t6-/m1/s1/i1D3,6D/t6-,13+. The number of rotatable bonds is 9. The van der Waals surface area contributed by atoms with E-state index in [0.717, 1.165) is 18.3 Å². The van der Waals surface area contributed by atoms with Gasteiger partial charge in [0.15, 0.2) is 16.6 Å². The largest absolute Gasteiger partial charge is 0.479 e. The Bertz CT molecular complexity index is 1090. The van der Waals surface area contributed by atoms with Crippen molar-refractivity contribution in [3.63, 3.8) is 0 Å². The second-order valence-corrected chi connectivity index (χ2v) is 7.32. The summed E-state index contributed by atoms with van der Waals surface area (Å²) in [5.41, 5.74) is 1.95. The van der Waals surface area contributed by atoms with Crippen molar-refractivity contribution >= 4 is 50.2 Å². The molecule has 0 bridgehead atoms. The molecule has 1 saturated heterocycles. The van der Waals surface area contributed by atoms with Gasteiger partial charge in [-0.2, -0.15) is 13.5 Å². The van der Waals surface area contributed by atoms with Crippen LogP contribution in [0.25, 0.3) is 0 Å². The van der Waals surface area contributed by atoms with Crippen LogP contribution in [0.15, 0.2) is 10.5 Å². The van der Waals surface area contributed by atoms with Crippen LogP contribution in [0.1, 0.15) is 31.4 Å². The highest BCUT2D eigenvalue weighted by Crippen LogP contribution is 2.40. The van der Waals surface area contributed by atoms with Gasteiger partial charge in [0.2, 0.25) is 6.61 Å². The highest BCUT2D eigenvalue weighted by molar-refractivity contribution is 7.80. The molecule has 0 radical (unpaired) electrons. The molecule has 2 atom stereocenters. The van der Waals surface area contributed by atoms with Gasteiger partial charge in [-0.3, -0.25) is 14.1 Å². The summed E-state index contributed by atoms with van der Waals surface area (Å²) >= 11 is 0.874. The fourth-order valence-corrected chi connectivity index (χ4v) is 3.04. The van der Waals surface area contributed by atoms with Crippen molar-refractivity contribution in [2.45, 2.75) is 25.7 Å². The Hall–Kier alpha value is -2.62. The Morgan fingerprint density at radius 1 is 1.61 bits per heavy atom. The van der Waals surface area contributed by atoms with Gasteiger partial charge in [0.1, 0.15) is 5.69 Å². The number of carbonyl (C=O) groups is 3. The SMILES string of the molecule is [2H]C([2H])([2H])[C@@]1(C)N(OS(=O)(=O)O)C(=O)[C@@]1([2H])CC(=O)/C(=N\OCC(=O)O)c1csc(N)n1. The summed E-state index contributed by atoms with van der Waals surface area (Å²) in [6.45, 7) is -3.44. The number of thiazole rings is 1. The maximum atomic E-state index is 12.9. The number of nitrogens with zero attached hydrogens (tertiary/aromatic N) is 3. The van der Waals surface area contributed by atoms with Crippen molar-refractivity contribution in [2.24, 2.45) is 11.0 Å². The Balaban J connectivity index is 2.44. The lowest BCUT2D eigenvalue weighted by Gasteiger charge is -2.50. The number of aromatic nitrogens is 1. The zero-order valence-electron chi connectivity index (χ0n) is 18.0. The van der Waals surface area contributed by atoms with Crippen LogP contribution in [-0.2, 0) is 33.9 Å². The number of nitrogens with two attached hydrogens (primary N) is 1. The molecule has 2 rings (SSSR count). The molecular weight excluding hydrogens is 420 g/mol. The van der Waals surface area contributed by atoms with Crippen LogP contribution in [0.3, 0.4) is 0 Å². The van der Waals surface area contributed by atoms with E-state index in [1.54, 1.807) is 0 Å². The number of anilines is 1. The average molecular weight is 440 g/mol. The smallest absolute Gasteiger partial charge is 0.418 e. The van der Waals surface area contributed by atoms with Gasteiger partial charge in [-0.05, 0) is 13.8 Å². The number of oxime groups is 1. The van der Waals surface area contributed by atoms with E-state index in [0.29, 0.717) is 0 Å². The Morgan fingerprint density at radius 3 is 2.79 bits per heavy atom. The molecule has 0 spiro atoms. The van der Waals surface area contributed by atoms with E-state index < -0.39 is 65.1 Å². The van der Waals surface area contributed by atoms with E-state index in [-0.39, 0.29) is 15.9 Å². The first-order chi connectivity index (χ1) is 14.4. The number of carboxylic acids is 1. The highest BCUT2D eigenvalue weighted by Gasteiger charge is 2.57. The molecule has 4 N–H and O–H groups in total. The lowest BCUT2D eigenvalue weighted by molar-refractivity contribution is -0.228. The first-order valence-corrected chi connectivity index (χ1v) is 9.36. The second-order valence-electron chi connectivity index (χ2n) is 5.43. The number of Topliss-reactive ketones (excluding diaryl/α,β-unsaturated/α-hetero) is 1. The molecule has 13 nitrogen and oxygen atoms in total. The minimum atomic E-state index is -5.34. The number of hydrogen-bond acceptors (Lipinski definition) is 11. The van der Waals surface area contributed by atoms with Crippen LogP contribution in [0.4, 0.5) is 5.13 Å². The summed E-state index contributed by atoms with van der Waals surface area (Å²) in [4.78, 5) is 44.3. The molecule has 2 heterocycles. The third-order valence-corrected chi connectivity index (χ3v) is 4.33. The van der Waals surface area contributed by atoms with Crippen molar-refractivity contribution < 1.29 is 47.1 Å². The number of hydroxylamine groups is 2. The van der Waals surface area contributed by atoms with Crippen LogP contribution in [0.2, 0.25) is 0 Å². The normalized spacial score (nSPS) is 27.9. The molecule has 1 aliphatic heterocycles. The van der Waals surface area contributed by atoms with Crippen molar-refractivity contribution in [1.82, 2.24) is 10.0 Å². The summed E-state index contributed by atoms with van der Waals surface area (Å²) in [5, 5.41) is 13.0. The molecule has 1 amide bonds. The van der Waals surface area contributed by atoms with Gasteiger partial charge in [-0.25, -0.2) is 9.78 Å². The van der Waals surface area contributed by atoms with E-state index in [1.165, 1.54) is 5.38 Å². The third kappa shape index (κ3) is 4.80. The van der Waals surface area contributed by atoms with Crippen LogP contribution in [0.5, 0.6) is 0 Å². The number of amides is 1. The highest BCUT2D eigenvalue weighted by atomic mass is 32.3. The van der Waals surface area contributed by atoms with Crippen molar-refractivity contribution in [3.05, 3.63) is 11.1 Å². The predicted octanol–water partition coefficient (Wildman–Crippen LogP) is -0.539. The molecule has 0 aliphatic carbocycles. The third-order valence-electron chi connectivity index (χ3n) is 3.32. The minimum Gasteiger partial charge on any atom is -0.479 e. The number of carboxylic acid groups (broad SMARTS) is 1. The van der Waals surface area contributed by atoms with Gasteiger partial charge in [0.05, 0.1) is 11.4 Å². The monoisotopic (exact) mass is 440 g/mol. The van der Waals surface area contributed by atoms with Gasteiger partial charge in [-0.1, -0.05) is 5.16 Å². The second kappa shape index (κ2) is 7.78. The molecule has 154 valence electrons. The lowest BCUT2D eigenvalue weighted by Crippen LogP contribution is -2.68. The van der Waals surface area contributed by atoms with Crippen LogP contribution in [-0.4, -0.2) is 63.6 Å². The maximum absolute atomic E-state index is 12.9. The molecule has 28 heavy (non-hydrogen) atoms. The molecule has 15 heteroatoms. The van der Waals surface area contributed by atoms with E-state index >= 15 is 0 Å². The van der Waals surface area contributed by atoms with Gasteiger partial charge >= 0.3 is 16.4 Å². The number of nitrogen functional groups attached to an aromatic ring is 1. The van der Waals surface area contributed by atoms with E-state index in [9.17, 15) is 22.8 Å². The zero-order chi connectivity index (χ0) is 24.7. The molecule has 1 aromatic rings. The van der Waals surface area contributed by atoms with Gasteiger partial charge in [0, 0.05) is 17.3 Å². The fourth-order valence-electron chi connectivity index (χ4n) is 2.09. The summed E-state index contributed by atoms with van der Waals surface area (Å²) < 4.78 is 66.2. The number of carbonyl (C=O) groups excluding carboxylic acids is 2. The number of aliphatic carboxylic acids is 1. The van der Waals surface area contributed by atoms with Crippen LogP contribution >= 0.6 is 11.3 Å². The Labute approximate surface area is 168 Å². The first kappa shape index (κ1) is 16.3. The maximum Gasteiger partial charge on any atom is 0.418 e. The quantitative estimate of drug-likeness (QED) is 0.193. The Kier molecular flexibility index (Phi) is 4.54. The summed E-state index contributed by atoms with van der Waals surface area (Å²) in [5.74, 6) is -6.94. The summed E-state index contributed by atoms with van der Waals surface area (Å²) in [6.07, 6.45) is -1.17. The molecule has 0 aromatic carbocycles. The molecular formula is C13H16N4O9S2. The van der Waals surface area contributed by atoms with E-state index in [2.05, 4.69) is 19.3 Å². The minimum absolute atomic E-state index is 0.0147. The zero-order valence-corrected chi connectivity index (χ0v) is 15.6. The van der Waals surface area contributed by atoms with E-state index in [1.807, 2.05) is 0 Å². The topological polar surface area (TPSA) is 199 Å². The first-order valence-electron chi connectivity index (χ1n) is 9.12.